The van der Waals surface area contributed by atoms with Crippen molar-refractivity contribution < 1.29 is 22.7 Å². The van der Waals surface area contributed by atoms with E-state index in [-0.39, 0.29) is 15.6 Å². The van der Waals surface area contributed by atoms with Crippen molar-refractivity contribution >= 4 is 39.2 Å². The van der Waals surface area contributed by atoms with Gasteiger partial charge in [-0.1, -0.05) is 35.7 Å². The van der Waals surface area contributed by atoms with E-state index in [4.69, 9.17) is 16.3 Å². The molecule has 172 valence electrons. The molecule has 2 aromatic carbocycles. The predicted molar refractivity (Wildman–Crippen MR) is 123 cm³/mol. The molecule has 0 aromatic heterocycles. The summed E-state index contributed by atoms with van der Waals surface area (Å²) in [6, 6.07) is 9.59. The molecule has 3 rings (SSSR count). The van der Waals surface area contributed by atoms with Gasteiger partial charge in [-0.05, 0) is 63.4 Å². The standard InChI is InChI=1S/C23H27ClN2O5S/c1-15-7-8-16(2)19(13-15)23(28)31-17(3)22(27)25-21-14-18(9-10-20(21)24)32(29,30)26-11-5-4-6-12-26/h7-10,13-14,17H,4-6,11-12H2,1-3H3,(H,25,27). The summed E-state index contributed by atoms with van der Waals surface area (Å²) < 4.78 is 32.6. The monoisotopic (exact) mass is 478 g/mol. The smallest absolute Gasteiger partial charge is 0.339 e. The van der Waals surface area contributed by atoms with Gasteiger partial charge >= 0.3 is 5.97 Å². The number of nitrogens with zero attached hydrogens (tertiary/aromatic N) is 1. The Morgan fingerprint density at radius 1 is 1.06 bits per heavy atom. The zero-order valence-corrected chi connectivity index (χ0v) is 19.9. The molecule has 1 fully saturated rings. The molecule has 1 unspecified atom stereocenters. The van der Waals surface area contributed by atoms with Crippen molar-refractivity contribution in [2.75, 3.05) is 18.4 Å². The highest BCUT2D eigenvalue weighted by Gasteiger charge is 2.27. The summed E-state index contributed by atoms with van der Waals surface area (Å²) in [6.45, 7) is 6.03. The van der Waals surface area contributed by atoms with Crippen LogP contribution in [0.5, 0.6) is 0 Å². The maximum atomic E-state index is 12.9. The van der Waals surface area contributed by atoms with E-state index in [1.54, 1.807) is 13.0 Å². The van der Waals surface area contributed by atoms with Crippen LogP contribution in [-0.4, -0.2) is 43.8 Å². The summed E-state index contributed by atoms with van der Waals surface area (Å²) in [7, 11) is -3.68. The van der Waals surface area contributed by atoms with Crippen LogP contribution in [0.1, 0.15) is 47.7 Å². The van der Waals surface area contributed by atoms with Crippen LogP contribution in [0.25, 0.3) is 0 Å². The number of carbonyl (C=O) groups is 2. The third-order valence-electron chi connectivity index (χ3n) is 5.41. The number of esters is 1. The molecule has 1 saturated heterocycles. The number of hydrogen-bond acceptors (Lipinski definition) is 5. The van der Waals surface area contributed by atoms with Crippen LogP contribution in [0.4, 0.5) is 5.69 Å². The second-order valence-electron chi connectivity index (χ2n) is 7.96. The molecule has 1 aliphatic rings. The van der Waals surface area contributed by atoms with Gasteiger partial charge in [0.05, 0.1) is 21.2 Å². The van der Waals surface area contributed by atoms with Gasteiger partial charge in [0.1, 0.15) is 0 Å². The second-order valence-corrected chi connectivity index (χ2v) is 10.3. The van der Waals surface area contributed by atoms with E-state index in [1.165, 1.54) is 29.4 Å². The number of amides is 1. The fourth-order valence-corrected chi connectivity index (χ4v) is 5.19. The first-order valence-corrected chi connectivity index (χ1v) is 12.3. The lowest BCUT2D eigenvalue weighted by Crippen LogP contribution is -2.35. The molecule has 0 radical (unpaired) electrons. The SMILES string of the molecule is Cc1ccc(C)c(C(=O)OC(C)C(=O)Nc2cc(S(=O)(=O)N3CCCCC3)ccc2Cl)c1. The van der Waals surface area contributed by atoms with Gasteiger partial charge in [0.25, 0.3) is 5.91 Å². The van der Waals surface area contributed by atoms with Gasteiger partial charge in [0.15, 0.2) is 6.10 Å². The van der Waals surface area contributed by atoms with E-state index in [9.17, 15) is 18.0 Å². The van der Waals surface area contributed by atoms with Crippen molar-refractivity contribution in [1.82, 2.24) is 4.31 Å². The van der Waals surface area contributed by atoms with E-state index in [0.29, 0.717) is 18.7 Å². The summed E-state index contributed by atoms with van der Waals surface area (Å²) in [5.41, 5.74) is 2.17. The van der Waals surface area contributed by atoms with Crippen LogP contribution in [0.3, 0.4) is 0 Å². The van der Waals surface area contributed by atoms with Crippen LogP contribution in [-0.2, 0) is 19.6 Å². The highest BCUT2D eigenvalue weighted by atomic mass is 35.5. The van der Waals surface area contributed by atoms with Gasteiger partial charge in [-0.15, -0.1) is 0 Å². The topological polar surface area (TPSA) is 92.8 Å². The number of sulfonamides is 1. The number of aryl methyl sites for hydroxylation is 2. The number of anilines is 1. The average Bonchev–Trinajstić information content (AvgIpc) is 2.77. The minimum atomic E-state index is -3.68. The number of carbonyl (C=O) groups excluding carboxylic acids is 2. The molecule has 1 aliphatic heterocycles. The lowest BCUT2D eigenvalue weighted by Gasteiger charge is -2.26. The van der Waals surface area contributed by atoms with E-state index in [2.05, 4.69) is 5.32 Å². The largest absolute Gasteiger partial charge is 0.449 e. The molecule has 1 N–H and O–H groups in total. The van der Waals surface area contributed by atoms with Crippen LogP contribution in [0.2, 0.25) is 5.02 Å². The number of piperidine rings is 1. The fourth-order valence-electron chi connectivity index (χ4n) is 3.48. The third-order valence-corrected chi connectivity index (χ3v) is 7.64. The molecule has 9 heteroatoms. The number of hydrogen-bond donors (Lipinski definition) is 1. The third kappa shape index (κ3) is 5.49. The Morgan fingerprint density at radius 2 is 1.75 bits per heavy atom. The van der Waals surface area contributed by atoms with Crippen LogP contribution in [0, 0.1) is 13.8 Å². The van der Waals surface area contributed by atoms with Crippen molar-refractivity contribution in [1.29, 1.82) is 0 Å². The molecule has 0 spiro atoms. The molecule has 0 aliphatic carbocycles. The van der Waals surface area contributed by atoms with E-state index >= 15 is 0 Å². The maximum absolute atomic E-state index is 12.9. The maximum Gasteiger partial charge on any atom is 0.339 e. The Balaban J connectivity index is 1.73. The highest BCUT2D eigenvalue weighted by Crippen LogP contribution is 2.28. The second kappa shape index (κ2) is 10.0. The zero-order chi connectivity index (χ0) is 23.5. The van der Waals surface area contributed by atoms with Gasteiger partial charge in [0.2, 0.25) is 10.0 Å². The van der Waals surface area contributed by atoms with Crippen molar-refractivity contribution in [2.24, 2.45) is 0 Å². The number of halogens is 1. The Labute approximate surface area is 193 Å². The van der Waals surface area contributed by atoms with Crippen LogP contribution < -0.4 is 5.32 Å². The highest BCUT2D eigenvalue weighted by molar-refractivity contribution is 7.89. The molecule has 1 heterocycles. The van der Waals surface area contributed by atoms with Gasteiger partial charge in [-0.2, -0.15) is 4.31 Å². The Kier molecular flexibility index (Phi) is 7.59. The first-order chi connectivity index (χ1) is 15.1. The Morgan fingerprint density at radius 3 is 2.44 bits per heavy atom. The molecule has 32 heavy (non-hydrogen) atoms. The van der Waals surface area contributed by atoms with Gasteiger partial charge in [-0.25, -0.2) is 13.2 Å². The number of ether oxygens (including phenoxy) is 1. The molecule has 0 bridgehead atoms. The molecule has 7 nitrogen and oxygen atoms in total. The minimum absolute atomic E-state index is 0.0548. The fraction of sp³-hybridized carbons (Fsp3) is 0.391. The normalized spacial score (nSPS) is 15.8. The number of rotatable bonds is 6. The number of benzene rings is 2. The van der Waals surface area contributed by atoms with Gasteiger partial charge in [0, 0.05) is 13.1 Å². The quantitative estimate of drug-likeness (QED) is 0.624. The average molecular weight is 479 g/mol. The molecular formula is C23H27ClN2O5S. The molecular weight excluding hydrogens is 452 g/mol. The lowest BCUT2D eigenvalue weighted by atomic mass is 10.1. The van der Waals surface area contributed by atoms with Crippen LogP contribution >= 0.6 is 11.6 Å². The molecule has 2 aromatic rings. The van der Waals surface area contributed by atoms with E-state index in [1.807, 2.05) is 19.1 Å². The lowest BCUT2D eigenvalue weighted by molar-refractivity contribution is -0.123. The van der Waals surface area contributed by atoms with E-state index < -0.39 is 28.0 Å². The number of nitrogens with one attached hydrogen (secondary N) is 1. The van der Waals surface area contributed by atoms with Gasteiger partial charge in [-0.3, -0.25) is 4.79 Å². The first kappa shape index (κ1) is 24.2. The molecule has 0 saturated carbocycles. The Hall–Kier alpha value is -2.42. The van der Waals surface area contributed by atoms with Gasteiger partial charge < -0.3 is 10.1 Å². The summed E-state index contributed by atoms with van der Waals surface area (Å²) in [5, 5.41) is 2.76. The zero-order valence-electron chi connectivity index (χ0n) is 18.4. The van der Waals surface area contributed by atoms with E-state index in [0.717, 1.165) is 30.4 Å². The van der Waals surface area contributed by atoms with Crippen LogP contribution in [0.15, 0.2) is 41.3 Å². The summed E-state index contributed by atoms with van der Waals surface area (Å²) in [6.07, 6.45) is 1.53. The first-order valence-electron chi connectivity index (χ1n) is 10.5. The summed E-state index contributed by atoms with van der Waals surface area (Å²) in [4.78, 5) is 25.2. The summed E-state index contributed by atoms with van der Waals surface area (Å²) in [5.74, 6) is -1.22. The summed E-state index contributed by atoms with van der Waals surface area (Å²) >= 11 is 6.19. The molecule has 1 amide bonds. The minimum Gasteiger partial charge on any atom is -0.449 e. The Bertz CT molecular complexity index is 1130. The predicted octanol–water partition coefficient (Wildman–Crippen LogP) is 4.32. The van der Waals surface area contributed by atoms with Crippen molar-refractivity contribution in [3.63, 3.8) is 0 Å². The van der Waals surface area contributed by atoms with Crippen molar-refractivity contribution in [3.8, 4) is 0 Å². The van der Waals surface area contributed by atoms with Crippen molar-refractivity contribution in [2.45, 2.75) is 51.0 Å². The molecule has 1 atom stereocenters. The van der Waals surface area contributed by atoms with Crippen molar-refractivity contribution in [3.05, 3.63) is 58.1 Å².